The molecule has 0 bridgehead atoms. The van der Waals surface area contributed by atoms with Crippen molar-refractivity contribution in [1.82, 2.24) is 24.6 Å². The molecule has 4 rings (SSSR count). The van der Waals surface area contributed by atoms with Crippen LogP contribution in [0.25, 0.3) is 5.69 Å². The molecule has 2 saturated heterocycles. The summed E-state index contributed by atoms with van der Waals surface area (Å²) in [5, 5.41) is 3.92. The zero-order chi connectivity index (χ0) is 20.2. The molecule has 0 N–H and O–H groups in total. The van der Waals surface area contributed by atoms with E-state index >= 15 is 0 Å². The van der Waals surface area contributed by atoms with Crippen LogP contribution < -0.4 is 0 Å². The van der Waals surface area contributed by atoms with Crippen LogP contribution in [0.15, 0.2) is 30.9 Å². The van der Waals surface area contributed by atoms with Crippen molar-refractivity contribution in [3.05, 3.63) is 42.2 Å². The number of carbonyl (C=O) groups is 2. The topological polar surface area (TPSA) is 71.3 Å². The summed E-state index contributed by atoms with van der Waals surface area (Å²) >= 11 is 0. The molecule has 0 unspecified atom stereocenters. The van der Waals surface area contributed by atoms with Gasteiger partial charge in [0.25, 0.3) is 5.91 Å². The molecule has 0 atom stereocenters. The number of benzene rings is 1. The summed E-state index contributed by atoms with van der Waals surface area (Å²) in [5.41, 5.74) is 0.560. The van der Waals surface area contributed by atoms with Gasteiger partial charge >= 0.3 is 0 Å². The molecule has 154 valence electrons. The molecular weight excluding hydrogens is 373 g/mol. The van der Waals surface area contributed by atoms with E-state index in [1.165, 1.54) is 42.3 Å². The Morgan fingerprint density at radius 3 is 2.31 bits per heavy atom. The van der Waals surface area contributed by atoms with Crippen LogP contribution in [0, 0.1) is 11.7 Å². The van der Waals surface area contributed by atoms with E-state index in [1.54, 1.807) is 11.0 Å². The van der Waals surface area contributed by atoms with Crippen molar-refractivity contribution in [2.24, 2.45) is 5.92 Å². The molecule has 2 aromatic rings. The number of likely N-dealkylation sites (tertiary alicyclic amines) is 2. The van der Waals surface area contributed by atoms with Crippen LogP contribution in [0.4, 0.5) is 4.39 Å². The van der Waals surface area contributed by atoms with Crippen LogP contribution in [0.1, 0.15) is 48.9 Å². The second kappa shape index (κ2) is 8.71. The maximum absolute atomic E-state index is 14.4. The smallest absolute Gasteiger partial charge is 0.253 e. The number of hydrogen-bond acceptors (Lipinski definition) is 4. The summed E-state index contributed by atoms with van der Waals surface area (Å²) in [6.45, 7) is 2.76. The number of nitrogens with zero attached hydrogens (tertiary/aromatic N) is 5. The zero-order valence-corrected chi connectivity index (χ0v) is 16.5. The summed E-state index contributed by atoms with van der Waals surface area (Å²) < 4.78 is 15.8. The second-order valence-corrected chi connectivity index (χ2v) is 7.81. The summed E-state index contributed by atoms with van der Waals surface area (Å²) in [5.74, 6) is -0.493. The van der Waals surface area contributed by atoms with Gasteiger partial charge in [0.05, 0.1) is 0 Å². The van der Waals surface area contributed by atoms with Crippen molar-refractivity contribution in [2.45, 2.75) is 38.5 Å². The van der Waals surface area contributed by atoms with Crippen molar-refractivity contribution in [3.8, 4) is 5.69 Å². The lowest BCUT2D eigenvalue weighted by atomic mass is 9.94. The standard InChI is InChI=1S/C21H26FN5O2/c22-18-13-17(5-6-19(18)27-15-23-14-24-27)21(29)26-11-7-16(8-12-26)20(28)25-9-3-1-2-4-10-25/h5-6,13-16H,1-4,7-12H2. The Morgan fingerprint density at radius 1 is 0.966 bits per heavy atom. The summed E-state index contributed by atoms with van der Waals surface area (Å²) in [4.78, 5) is 33.1. The number of piperidine rings is 1. The Hall–Kier alpha value is -2.77. The Morgan fingerprint density at radius 2 is 1.69 bits per heavy atom. The lowest BCUT2D eigenvalue weighted by Gasteiger charge is -2.34. The summed E-state index contributed by atoms with van der Waals surface area (Å²) in [7, 11) is 0. The number of rotatable bonds is 3. The van der Waals surface area contributed by atoms with E-state index in [9.17, 15) is 14.0 Å². The summed E-state index contributed by atoms with van der Waals surface area (Å²) in [6, 6.07) is 4.39. The van der Waals surface area contributed by atoms with Crippen molar-refractivity contribution in [2.75, 3.05) is 26.2 Å². The van der Waals surface area contributed by atoms with E-state index < -0.39 is 5.82 Å². The first-order valence-electron chi connectivity index (χ1n) is 10.4. The fourth-order valence-electron chi connectivity index (χ4n) is 4.22. The fourth-order valence-corrected chi connectivity index (χ4v) is 4.22. The predicted molar refractivity (Wildman–Crippen MR) is 105 cm³/mol. The number of halogens is 1. The van der Waals surface area contributed by atoms with Gasteiger partial charge in [0, 0.05) is 37.7 Å². The van der Waals surface area contributed by atoms with Crippen LogP contribution in [0.2, 0.25) is 0 Å². The molecule has 2 aliphatic rings. The highest BCUT2D eigenvalue weighted by Crippen LogP contribution is 2.24. The van der Waals surface area contributed by atoms with Gasteiger partial charge in [0.1, 0.15) is 24.2 Å². The Labute approximate surface area is 169 Å². The van der Waals surface area contributed by atoms with E-state index in [0.717, 1.165) is 25.9 Å². The fraction of sp³-hybridized carbons (Fsp3) is 0.524. The molecule has 29 heavy (non-hydrogen) atoms. The third kappa shape index (κ3) is 4.31. The maximum atomic E-state index is 14.4. The van der Waals surface area contributed by atoms with Crippen molar-refractivity contribution >= 4 is 11.8 Å². The summed E-state index contributed by atoms with van der Waals surface area (Å²) in [6.07, 6.45) is 8.63. The van der Waals surface area contributed by atoms with E-state index in [0.29, 0.717) is 31.5 Å². The van der Waals surface area contributed by atoms with E-state index in [-0.39, 0.29) is 23.4 Å². The molecule has 2 fully saturated rings. The first-order chi connectivity index (χ1) is 14.1. The third-order valence-electron chi connectivity index (χ3n) is 5.91. The number of amides is 2. The van der Waals surface area contributed by atoms with E-state index in [2.05, 4.69) is 10.1 Å². The minimum absolute atomic E-state index is 0.0106. The van der Waals surface area contributed by atoms with Gasteiger partial charge in [-0.05, 0) is 43.9 Å². The molecule has 2 aliphatic heterocycles. The van der Waals surface area contributed by atoms with Crippen molar-refractivity contribution < 1.29 is 14.0 Å². The van der Waals surface area contributed by atoms with E-state index in [1.807, 2.05) is 4.90 Å². The number of hydrogen-bond donors (Lipinski definition) is 0. The van der Waals surface area contributed by atoms with Crippen LogP contribution >= 0.6 is 0 Å². The van der Waals surface area contributed by atoms with Crippen LogP contribution in [-0.4, -0.2) is 62.6 Å². The highest BCUT2D eigenvalue weighted by Gasteiger charge is 2.31. The molecule has 0 saturated carbocycles. The van der Waals surface area contributed by atoms with Crippen molar-refractivity contribution in [3.63, 3.8) is 0 Å². The van der Waals surface area contributed by atoms with Gasteiger partial charge in [-0.3, -0.25) is 9.59 Å². The molecule has 2 amide bonds. The quantitative estimate of drug-likeness (QED) is 0.796. The Bertz CT molecular complexity index is 854. The normalized spacial score (nSPS) is 18.5. The lowest BCUT2D eigenvalue weighted by molar-refractivity contribution is -0.136. The Balaban J connectivity index is 1.36. The minimum Gasteiger partial charge on any atom is -0.342 e. The predicted octanol–water partition coefficient (Wildman–Crippen LogP) is 2.66. The SMILES string of the molecule is O=C(c1ccc(-n2cncn2)c(F)c1)N1CCC(C(=O)N2CCCCCC2)CC1. The average Bonchev–Trinajstić information content (AvgIpc) is 3.14. The van der Waals surface area contributed by atoms with Gasteiger partial charge in [0.2, 0.25) is 5.91 Å². The van der Waals surface area contributed by atoms with Gasteiger partial charge in [-0.25, -0.2) is 14.1 Å². The number of carbonyl (C=O) groups excluding carboxylic acids is 2. The van der Waals surface area contributed by atoms with Gasteiger partial charge in [-0.15, -0.1) is 0 Å². The minimum atomic E-state index is -0.521. The van der Waals surface area contributed by atoms with Crippen LogP contribution in [-0.2, 0) is 4.79 Å². The lowest BCUT2D eigenvalue weighted by Crippen LogP contribution is -2.44. The second-order valence-electron chi connectivity index (χ2n) is 7.81. The highest BCUT2D eigenvalue weighted by atomic mass is 19.1. The van der Waals surface area contributed by atoms with Crippen LogP contribution in [0.3, 0.4) is 0 Å². The van der Waals surface area contributed by atoms with Gasteiger partial charge in [0.15, 0.2) is 0 Å². The molecule has 0 spiro atoms. The van der Waals surface area contributed by atoms with Crippen LogP contribution in [0.5, 0.6) is 0 Å². The Kier molecular flexibility index (Phi) is 5.87. The molecule has 8 heteroatoms. The van der Waals surface area contributed by atoms with Gasteiger partial charge in [-0.2, -0.15) is 5.10 Å². The molecule has 1 aromatic carbocycles. The third-order valence-corrected chi connectivity index (χ3v) is 5.91. The van der Waals surface area contributed by atoms with E-state index in [4.69, 9.17) is 0 Å². The molecule has 0 aliphatic carbocycles. The molecule has 1 aromatic heterocycles. The molecular formula is C21H26FN5O2. The van der Waals surface area contributed by atoms with Crippen molar-refractivity contribution in [1.29, 1.82) is 0 Å². The maximum Gasteiger partial charge on any atom is 0.253 e. The van der Waals surface area contributed by atoms with Gasteiger partial charge < -0.3 is 9.80 Å². The zero-order valence-electron chi connectivity index (χ0n) is 16.5. The first-order valence-corrected chi connectivity index (χ1v) is 10.4. The molecule has 3 heterocycles. The highest BCUT2D eigenvalue weighted by molar-refractivity contribution is 5.94. The largest absolute Gasteiger partial charge is 0.342 e. The molecule has 7 nitrogen and oxygen atoms in total. The first kappa shape index (κ1) is 19.5. The monoisotopic (exact) mass is 399 g/mol. The number of aromatic nitrogens is 3. The molecule has 0 radical (unpaired) electrons. The average molecular weight is 399 g/mol. The van der Waals surface area contributed by atoms with Gasteiger partial charge in [-0.1, -0.05) is 12.8 Å².